The van der Waals surface area contributed by atoms with Crippen LogP contribution in [-0.2, 0) is 4.79 Å². The van der Waals surface area contributed by atoms with Crippen LogP contribution in [0.3, 0.4) is 0 Å². The molecule has 7 nitrogen and oxygen atoms in total. The smallest absolute Gasteiger partial charge is 0.268 e. The van der Waals surface area contributed by atoms with E-state index in [2.05, 4.69) is 29.0 Å². The molecule has 0 aromatic heterocycles. The quantitative estimate of drug-likeness (QED) is 0.302. The first-order valence-electron chi connectivity index (χ1n) is 9.77. The second-order valence-electron chi connectivity index (χ2n) is 7.57. The van der Waals surface area contributed by atoms with Crippen LogP contribution >= 0.6 is 0 Å². The van der Waals surface area contributed by atoms with E-state index in [9.17, 15) is 18.4 Å². The molecule has 0 aliphatic rings. The molecule has 0 heterocycles. The molecule has 2 aromatic carbocycles. The van der Waals surface area contributed by atoms with E-state index < -0.39 is 29.8 Å². The fraction of sp³-hybridized carbons (Fsp3) is 0.250. The van der Waals surface area contributed by atoms with Crippen LogP contribution in [-0.4, -0.2) is 49.1 Å². The Balaban J connectivity index is 2.08. The summed E-state index contributed by atoms with van der Waals surface area (Å²) in [5, 5.41) is 10.9. The van der Waals surface area contributed by atoms with Gasteiger partial charge >= 0.3 is 0 Å². The number of hydrogen-bond acceptors (Lipinski definition) is 5. The van der Waals surface area contributed by atoms with Crippen LogP contribution in [0.2, 0.25) is 0 Å². The van der Waals surface area contributed by atoms with Crippen molar-refractivity contribution in [1.82, 2.24) is 10.8 Å². The molecule has 2 unspecified atom stereocenters. The number of nitrogens with zero attached hydrogens (tertiary/aromatic N) is 1. The number of alkyl halides is 2. The summed E-state index contributed by atoms with van der Waals surface area (Å²) in [6.07, 6.45) is -3.13. The number of hydrogen-bond donors (Lipinski definition) is 4. The normalized spacial score (nSPS) is 12.8. The van der Waals surface area contributed by atoms with Crippen LogP contribution in [0.15, 0.2) is 48.5 Å². The third-order valence-corrected chi connectivity index (χ3v) is 4.75. The lowest BCUT2D eigenvalue weighted by molar-refractivity contribution is -0.134. The zero-order chi connectivity index (χ0) is 24.6. The van der Waals surface area contributed by atoms with E-state index in [-0.39, 0.29) is 5.56 Å². The Bertz CT molecular complexity index is 1110. The number of anilines is 1. The van der Waals surface area contributed by atoms with Crippen LogP contribution in [0, 0.1) is 23.7 Å². The van der Waals surface area contributed by atoms with E-state index >= 15 is 0 Å². The van der Waals surface area contributed by atoms with Gasteiger partial charge in [-0.15, -0.1) is 0 Å². The molecule has 172 valence electrons. The summed E-state index contributed by atoms with van der Waals surface area (Å²) in [5.41, 5.74) is 6.87. The Labute approximate surface area is 190 Å². The monoisotopic (exact) mass is 454 g/mol. The topological polar surface area (TPSA) is 108 Å². The number of hydroxylamine groups is 1. The molecule has 0 fully saturated rings. The molecule has 0 aliphatic heterocycles. The predicted octanol–water partition coefficient (Wildman–Crippen LogP) is 1.74. The van der Waals surface area contributed by atoms with Crippen molar-refractivity contribution in [3.05, 3.63) is 65.2 Å². The zero-order valence-corrected chi connectivity index (χ0v) is 18.3. The summed E-state index contributed by atoms with van der Waals surface area (Å²) in [6.45, 7) is 0.897. The van der Waals surface area contributed by atoms with Crippen molar-refractivity contribution in [3.8, 4) is 23.7 Å². The molecule has 0 radical (unpaired) electrons. The fourth-order valence-electron chi connectivity index (χ4n) is 2.66. The molecule has 0 saturated carbocycles. The maximum Gasteiger partial charge on any atom is 0.268 e. The standard InChI is InChI=1S/C24H24F2N4O3/c1-24(27,23(25)26)20(22(32)29-33)28-21(31)18-12-8-16(9-13-18)6-4-5-7-17-10-14-19(15-11-17)30(2)3/h8-15,20,23,33H,27H2,1-3H3,(H,28,31)(H,29,32). The lowest BCUT2D eigenvalue weighted by atomic mass is 9.92. The Morgan fingerprint density at radius 1 is 1.00 bits per heavy atom. The summed E-state index contributed by atoms with van der Waals surface area (Å²) >= 11 is 0. The van der Waals surface area contributed by atoms with E-state index in [4.69, 9.17) is 10.9 Å². The lowest BCUT2D eigenvalue weighted by Crippen LogP contribution is -2.66. The summed E-state index contributed by atoms with van der Waals surface area (Å²) in [5.74, 6) is 9.17. The first-order valence-corrected chi connectivity index (χ1v) is 9.77. The number of carbonyl (C=O) groups is 2. The van der Waals surface area contributed by atoms with Gasteiger partial charge in [-0.3, -0.25) is 14.8 Å². The number of carbonyl (C=O) groups excluding carboxylic acids is 2. The van der Waals surface area contributed by atoms with Gasteiger partial charge in [0.15, 0.2) is 0 Å². The first-order chi connectivity index (χ1) is 15.6. The van der Waals surface area contributed by atoms with Gasteiger partial charge in [0.1, 0.15) is 11.6 Å². The molecule has 0 bridgehead atoms. The van der Waals surface area contributed by atoms with Gasteiger partial charge in [-0.25, -0.2) is 14.3 Å². The van der Waals surface area contributed by atoms with Crippen molar-refractivity contribution in [3.63, 3.8) is 0 Å². The van der Waals surface area contributed by atoms with E-state index in [1.165, 1.54) is 17.6 Å². The molecular formula is C24H24F2N4O3. The fourth-order valence-corrected chi connectivity index (χ4v) is 2.66. The minimum atomic E-state index is -3.13. The second kappa shape index (κ2) is 11.1. The van der Waals surface area contributed by atoms with Gasteiger partial charge in [0, 0.05) is 36.5 Å². The maximum atomic E-state index is 13.2. The molecular weight excluding hydrogens is 430 g/mol. The number of benzene rings is 2. The van der Waals surface area contributed by atoms with E-state index in [1.54, 1.807) is 12.1 Å². The Morgan fingerprint density at radius 2 is 1.48 bits per heavy atom. The number of amides is 2. The van der Waals surface area contributed by atoms with Crippen molar-refractivity contribution in [2.75, 3.05) is 19.0 Å². The number of rotatable bonds is 6. The van der Waals surface area contributed by atoms with Crippen molar-refractivity contribution in [1.29, 1.82) is 0 Å². The highest BCUT2D eigenvalue weighted by atomic mass is 19.3. The largest absolute Gasteiger partial charge is 0.378 e. The summed E-state index contributed by atoms with van der Waals surface area (Å²) in [4.78, 5) is 26.1. The first kappa shape index (κ1) is 25.3. The third-order valence-electron chi connectivity index (χ3n) is 4.75. The van der Waals surface area contributed by atoms with Gasteiger partial charge in [-0.1, -0.05) is 11.8 Å². The van der Waals surface area contributed by atoms with E-state index in [0.29, 0.717) is 5.56 Å². The van der Waals surface area contributed by atoms with Crippen molar-refractivity contribution in [2.45, 2.75) is 24.9 Å². The Morgan fingerprint density at radius 3 is 1.91 bits per heavy atom. The van der Waals surface area contributed by atoms with Gasteiger partial charge in [0.05, 0.1) is 0 Å². The Kier molecular flexibility index (Phi) is 8.52. The molecule has 9 heteroatoms. The van der Waals surface area contributed by atoms with Crippen LogP contribution in [0.25, 0.3) is 0 Å². The molecule has 5 N–H and O–H groups in total. The zero-order valence-electron chi connectivity index (χ0n) is 18.3. The summed E-state index contributed by atoms with van der Waals surface area (Å²) < 4.78 is 26.4. The SMILES string of the molecule is CN(C)c1ccc(C#CC#Cc2ccc(C(=O)NC(C(=O)NO)C(C)(N)C(F)F)cc2)cc1. The van der Waals surface area contributed by atoms with Crippen molar-refractivity contribution in [2.24, 2.45) is 5.73 Å². The Hall–Kier alpha value is -3.92. The summed E-state index contributed by atoms with van der Waals surface area (Å²) in [7, 11) is 3.90. The molecule has 33 heavy (non-hydrogen) atoms. The number of nitrogens with two attached hydrogens (primary N) is 1. The molecule has 0 spiro atoms. The molecule has 0 aliphatic carbocycles. The highest BCUT2D eigenvalue weighted by Crippen LogP contribution is 2.18. The van der Waals surface area contributed by atoms with E-state index in [1.807, 2.05) is 43.3 Å². The molecule has 2 aromatic rings. The molecule has 0 saturated heterocycles. The highest BCUT2D eigenvalue weighted by molar-refractivity contribution is 5.98. The van der Waals surface area contributed by atoms with Crippen LogP contribution in [0.4, 0.5) is 14.5 Å². The van der Waals surface area contributed by atoms with Gasteiger partial charge in [-0.05, 0) is 67.3 Å². The predicted molar refractivity (Wildman–Crippen MR) is 121 cm³/mol. The average Bonchev–Trinajstić information content (AvgIpc) is 2.80. The molecule has 2 atom stereocenters. The summed E-state index contributed by atoms with van der Waals surface area (Å²) in [6, 6.07) is 11.7. The number of nitrogens with one attached hydrogen (secondary N) is 2. The third kappa shape index (κ3) is 6.78. The highest BCUT2D eigenvalue weighted by Gasteiger charge is 2.44. The lowest BCUT2D eigenvalue weighted by Gasteiger charge is -2.32. The molecule has 2 rings (SSSR count). The van der Waals surface area contributed by atoms with Gasteiger partial charge in [-0.2, -0.15) is 0 Å². The number of halogens is 2. The van der Waals surface area contributed by atoms with E-state index in [0.717, 1.165) is 18.2 Å². The van der Waals surface area contributed by atoms with Crippen molar-refractivity contribution >= 4 is 17.5 Å². The van der Waals surface area contributed by atoms with Crippen LogP contribution < -0.4 is 21.4 Å². The molecule has 2 amide bonds. The van der Waals surface area contributed by atoms with Gasteiger partial charge in [0.25, 0.3) is 18.2 Å². The van der Waals surface area contributed by atoms with Gasteiger partial charge < -0.3 is 16.0 Å². The maximum absolute atomic E-state index is 13.2. The minimum Gasteiger partial charge on any atom is -0.378 e. The van der Waals surface area contributed by atoms with Gasteiger partial charge in [0.2, 0.25) is 0 Å². The van der Waals surface area contributed by atoms with Crippen LogP contribution in [0.5, 0.6) is 0 Å². The van der Waals surface area contributed by atoms with Crippen LogP contribution in [0.1, 0.15) is 28.4 Å². The second-order valence-corrected chi connectivity index (χ2v) is 7.57. The minimum absolute atomic E-state index is 0.0911. The van der Waals surface area contributed by atoms with Crippen molar-refractivity contribution < 1.29 is 23.6 Å². The average molecular weight is 454 g/mol.